The molecule has 3 aromatic carbocycles. The summed E-state index contributed by atoms with van der Waals surface area (Å²) in [7, 11) is 0. The van der Waals surface area contributed by atoms with Crippen LogP contribution >= 0.6 is 0 Å². The lowest BCUT2D eigenvalue weighted by atomic mass is 10.1. The van der Waals surface area contributed by atoms with Crippen molar-refractivity contribution in [1.82, 2.24) is 14.9 Å². The van der Waals surface area contributed by atoms with E-state index in [1.807, 2.05) is 42.5 Å². The lowest BCUT2D eigenvalue weighted by Crippen LogP contribution is -2.26. The molecule has 5 heteroatoms. The number of allylic oxidation sites excluding steroid dienone is 1. The molecule has 0 atom stereocenters. The minimum absolute atomic E-state index is 0.0965. The van der Waals surface area contributed by atoms with Crippen molar-refractivity contribution in [2.45, 2.75) is 64.8 Å². The fourth-order valence-corrected chi connectivity index (χ4v) is 4.95. The number of ether oxygens (including phenoxy) is 1. The highest BCUT2D eigenvalue weighted by molar-refractivity contribution is 5.78. The van der Waals surface area contributed by atoms with Gasteiger partial charge in [-0.25, -0.2) is 4.98 Å². The van der Waals surface area contributed by atoms with Crippen LogP contribution in [0.1, 0.15) is 54.6 Å². The smallest absolute Gasteiger partial charge is 0.224 e. The Morgan fingerprint density at radius 3 is 2.54 bits per heavy atom. The van der Waals surface area contributed by atoms with Crippen LogP contribution in [0.15, 0.2) is 85.5 Å². The molecule has 0 spiro atoms. The van der Waals surface area contributed by atoms with E-state index in [9.17, 15) is 4.79 Å². The highest BCUT2D eigenvalue weighted by atomic mass is 16.5. The number of amides is 1. The second-order valence-electron chi connectivity index (χ2n) is 10.1. The maximum atomic E-state index is 12.3. The summed E-state index contributed by atoms with van der Waals surface area (Å²) >= 11 is 0. The molecule has 1 N–H and O–H groups in total. The minimum atomic E-state index is 0.0965. The number of nitrogens with one attached hydrogen (secondary N) is 1. The largest absolute Gasteiger partial charge is 0.493 e. The number of aryl methyl sites for hydroxylation is 3. The van der Waals surface area contributed by atoms with Crippen molar-refractivity contribution in [1.29, 1.82) is 0 Å². The van der Waals surface area contributed by atoms with Gasteiger partial charge in [0.25, 0.3) is 0 Å². The molecule has 0 aliphatic heterocycles. The van der Waals surface area contributed by atoms with E-state index in [0.29, 0.717) is 13.0 Å². The second kappa shape index (κ2) is 14.9. The number of nitrogens with zero attached hydrogens (tertiary/aromatic N) is 2. The van der Waals surface area contributed by atoms with E-state index in [4.69, 9.17) is 9.72 Å². The molecule has 0 saturated carbocycles. The van der Waals surface area contributed by atoms with Gasteiger partial charge in [0.2, 0.25) is 5.91 Å². The Hall–Kier alpha value is -3.86. The zero-order valence-corrected chi connectivity index (χ0v) is 23.2. The minimum Gasteiger partial charge on any atom is -0.493 e. The summed E-state index contributed by atoms with van der Waals surface area (Å²) in [4.78, 5) is 17.2. The molecule has 39 heavy (non-hydrogen) atoms. The van der Waals surface area contributed by atoms with Crippen LogP contribution in [0, 0.1) is 6.92 Å². The van der Waals surface area contributed by atoms with Crippen LogP contribution in [0.4, 0.5) is 0 Å². The van der Waals surface area contributed by atoms with Gasteiger partial charge in [-0.05, 0) is 73.9 Å². The fraction of sp³-hybridized carbons (Fsp3) is 0.353. The molecule has 5 nitrogen and oxygen atoms in total. The third kappa shape index (κ3) is 8.31. The van der Waals surface area contributed by atoms with Gasteiger partial charge in [-0.15, -0.1) is 6.58 Å². The van der Waals surface area contributed by atoms with Gasteiger partial charge < -0.3 is 14.6 Å². The summed E-state index contributed by atoms with van der Waals surface area (Å²) in [6, 6.07) is 24.7. The third-order valence-corrected chi connectivity index (χ3v) is 7.12. The number of rotatable bonds is 16. The number of hydrogen-bond acceptors (Lipinski definition) is 3. The standard InChI is InChI=1S/C34H41N3O2/c1-3-15-28-17-8-11-21-32(28)39-25-14-13-24-37-31-20-10-9-19-30(31)36-33(37)22-5-4-12-23-35-34(38)26-29-18-7-6-16-27(29)2/h3,6-11,16-21H,1,4-5,12-15,22-26H2,2H3,(H,35,38). The molecule has 0 aliphatic rings. The van der Waals surface area contributed by atoms with Crippen molar-refractivity contribution < 1.29 is 9.53 Å². The van der Waals surface area contributed by atoms with Gasteiger partial charge in [0.15, 0.2) is 0 Å². The van der Waals surface area contributed by atoms with Crippen LogP contribution in [0.25, 0.3) is 11.0 Å². The quantitative estimate of drug-likeness (QED) is 0.127. The monoisotopic (exact) mass is 523 g/mol. The topological polar surface area (TPSA) is 56.1 Å². The van der Waals surface area contributed by atoms with Crippen molar-refractivity contribution in [2.75, 3.05) is 13.2 Å². The van der Waals surface area contributed by atoms with Crippen LogP contribution in [-0.4, -0.2) is 28.6 Å². The van der Waals surface area contributed by atoms with E-state index < -0.39 is 0 Å². The maximum absolute atomic E-state index is 12.3. The van der Waals surface area contributed by atoms with Gasteiger partial charge in [0, 0.05) is 19.5 Å². The van der Waals surface area contributed by atoms with E-state index in [2.05, 4.69) is 59.8 Å². The van der Waals surface area contributed by atoms with Gasteiger partial charge in [-0.2, -0.15) is 0 Å². The van der Waals surface area contributed by atoms with Crippen molar-refractivity contribution in [3.05, 3.63) is 108 Å². The number of aromatic nitrogens is 2. The van der Waals surface area contributed by atoms with Gasteiger partial charge >= 0.3 is 0 Å². The number of carbonyl (C=O) groups is 1. The molecule has 0 unspecified atom stereocenters. The Balaban J connectivity index is 1.20. The summed E-state index contributed by atoms with van der Waals surface area (Å²) in [5.74, 6) is 2.20. The predicted octanol–water partition coefficient (Wildman–Crippen LogP) is 7.00. The van der Waals surface area contributed by atoms with Crippen molar-refractivity contribution in [3.63, 3.8) is 0 Å². The van der Waals surface area contributed by atoms with Gasteiger partial charge in [-0.1, -0.05) is 67.1 Å². The van der Waals surface area contributed by atoms with E-state index in [0.717, 1.165) is 86.3 Å². The molecule has 1 heterocycles. The molecule has 4 aromatic rings. The van der Waals surface area contributed by atoms with Crippen molar-refractivity contribution in [2.24, 2.45) is 0 Å². The highest BCUT2D eigenvalue weighted by Crippen LogP contribution is 2.21. The van der Waals surface area contributed by atoms with Gasteiger partial charge in [0.05, 0.1) is 24.1 Å². The Morgan fingerprint density at radius 2 is 1.69 bits per heavy atom. The zero-order chi connectivity index (χ0) is 27.3. The Bertz CT molecular complexity index is 1360. The first-order chi connectivity index (χ1) is 19.2. The van der Waals surface area contributed by atoms with E-state index in [1.165, 1.54) is 11.1 Å². The molecule has 0 aliphatic carbocycles. The summed E-state index contributed by atoms with van der Waals surface area (Å²) in [5, 5.41) is 3.08. The van der Waals surface area contributed by atoms with E-state index >= 15 is 0 Å². The predicted molar refractivity (Wildman–Crippen MR) is 160 cm³/mol. The van der Waals surface area contributed by atoms with Crippen LogP contribution in [-0.2, 0) is 30.6 Å². The SMILES string of the molecule is C=CCc1ccccc1OCCCCn1c(CCCCCNC(=O)Cc2ccccc2C)nc2ccccc21. The molecular weight excluding hydrogens is 482 g/mol. The lowest BCUT2D eigenvalue weighted by Gasteiger charge is -2.12. The molecule has 0 fully saturated rings. The van der Waals surface area contributed by atoms with Crippen LogP contribution in [0.2, 0.25) is 0 Å². The first-order valence-corrected chi connectivity index (χ1v) is 14.2. The number of imidazole rings is 1. The number of unbranched alkanes of at least 4 members (excludes halogenated alkanes) is 3. The summed E-state index contributed by atoms with van der Waals surface area (Å²) in [6.45, 7) is 8.25. The maximum Gasteiger partial charge on any atom is 0.224 e. The van der Waals surface area contributed by atoms with Crippen molar-refractivity contribution >= 4 is 16.9 Å². The highest BCUT2D eigenvalue weighted by Gasteiger charge is 2.11. The average molecular weight is 524 g/mol. The zero-order valence-electron chi connectivity index (χ0n) is 23.2. The fourth-order valence-electron chi connectivity index (χ4n) is 4.95. The number of fused-ring (bicyclic) bond motifs is 1. The molecule has 0 radical (unpaired) electrons. The molecular formula is C34H41N3O2. The van der Waals surface area contributed by atoms with Crippen LogP contribution < -0.4 is 10.1 Å². The molecule has 1 aromatic heterocycles. The summed E-state index contributed by atoms with van der Waals surface area (Å²) in [5.41, 5.74) is 5.70. The molecule has 0 bridgehead atoms. The number of carbonyl (C=O) groups excluding carboxylic acids is 1. The number of para-hydroxylation sites is 3. The Labute approximate surface area is 232 Å². The van der Waals surface area contributed by atoms with E-state index in [1.54, 1.807) is 0 Å². The van der Waals surface area contributed by atoms with Crippen LogP contribution in [0.5, 0.6) is 5.75 Å². The first kappa shape index (κ1) is 28.2. The Morgan fingerprint density at radius 1 is 0.923 bits per heavy atom. The molecule has 204 valence electrons. The van der Waals surface area contributed by atoms with Crippen molar-refractivity contribution in [3.8, 4) is 5.75 Å². The number of benzene rings is 3. The molecule has 4 rings (SSSR count). The van der Waals surface area contributed by atoms with Gasteiger partial charge in [0.1, 0.15) is 11.6 Å². The first-order valence-electron chi connectivity index (χ1n) is 14.2. The summed E-state index contributed by atoms with van der Waals surface area (Å²) in [6.07, 6.45) is 9.23. The lowest BCUT2D eigenvalue weighted by molar-refractivity contribution is -0.120. The normalized spacial score (nSPS) is 11.0. The third-order valence-electron chi connectivity index (χ3n) is 7.12. The van der Waals surface area contributed by atoms with Gasteiger partial charge in [-0.3, -0.25) is 4.79 Å². The average Bonchev–Trinajstić information content (AvgIpc) is 3.30. The number of hydrogen-bond donors (Lipinski definition) is 1. The molecule has 0 saturated heterocycles. The van der Waals surface area contributed by atoms with Crippen LogP contribution in [0.3, 0.4) is 0 Å². The Kier molecular flexibility index (Phi) is 10.8. The molecule has 1 amide bonds. The summed E-state index contributed by atoms with van der Waals surface area (Å²) < 4.78 is 8.46. The second-order valence-corrected chi connectivity index (χ2v) is 10.1. The van der Waals surface area contributed by atoms with E-state index in [-0.39, 0.29) is 5.91 Å².